The summed E-state index contributed by atoms with van der Waals surface area (Å²) in [7, 11) is 1.57. The fraction of sp³-hybridized carbons (Fsp3) is 0.462. The van der Waals surface area contributed by atoms with Gasteiger partial charge in [-0.3, -0.25) is 4.79 Å². The van der Waals surface area contributed by atoms with E-state index in [0.29, 0.717) is 17.2 Å². The molecule has 2 aliphatic rings. The lowest BCUT2D eigenvalue weighted by atomic mass is 9.91. The van der Waals surface area contributed by atoms with Crippen molar-refractivity contribution >= 4 is 5.97 Å². The van der Waals surface area contributed by atoms with Crippen molar-refractivity contribution in [2.75, 3.05) is 13.9 Å². The third-order valence-electron chi connectivity index (χ3n) is 3.61. The summed E-state index contributed by atoms with van der Waals surface area (Å²) in [6, 6.07) is 3.71. The van der Waals surface area contributed by atoms with Crippen LogP contribution in [0.2, 0.25) is 0 Å². The molecule has 5 nitrogen and oxygen atoms in total. The van der Waals surface area contributed by atoms with Crippen molar-refractivity contribution in [1.29, 1.82) is 0 Å². The quantitative estimate of drug-likeness (QED) is 0.884. The van der Waals surface area contributed by atoms with Gasteiger partial charge >= 0.3 is 5.97 Å². The molecule has 1 saturated carbocycles. The molecule has 1 fully saturated rings. The molecule has 0 saturated heterocycles. The van der Waals surface area contributed by atoms with Crippen LogP contribution in [0.1, 0.15) is 24.8 Å². The standard InChI is InChI=1S/C13H14O5/c1-16-11-8(13(4-5-13)6-10(14)15)2-3-9-12(11)18-7-17-9/h2-3H,4-7H2,1H3,(H,14,15). The number of hydrogen-bond donors (Lipinski definition) is 1. The number of aliphatic carboxylic acids is 1. The maximum Gasteiger partial charge on any atom is 0.304 e. The minimum atomic E-state index is -0.785. The van der Waals surface area contributed by atoms with Crippen LogP contribution in [-0.4, -0.2) is 25.0 Å². The van der Waals surface area contributed by atoms with E-state index in [-0.39, 0.29) is 18.6 Å². The van der Waals surface area contributed by atoms with Crippen LogP contribution in [0, 0.1) is 0 Å². The maximum absolute atomic E-state index is 11.0. The first-order valence-corrected chi connectivity index (χ1v) is 5.85. The molecule has 1 aliphatic carbocycles. The molecule has 1 N–H and O–H groups in total. The van der Waals surface area contributed by atoms with E-state index < -0.39 is 5.97 Å². The Bertz CT molecular complexity index is 504. The minimum Gasteiger partial charge on any atom is -0.492 e. The van der Waals surface area contributed by atoms with Crippen molar-refractivity contribution in [2.24, 2.45) is 0 Å². The average Bonchev–Trinajstić information content (AvgIpc) is 2.94. The largest absolute Gasteiger partial charge is 0.492 e. The molecule has 0 bridgehead atoms. The zero-order valence-corrected chi connectivity index (χ0v) is 10.1. The first-order chi connectivity index (χ1) is 8.66. The van der Waals surface area contributed by atoms with Gasteiger partial charge in [0.1, 0.15) is 0 Å². The van der Waals surface area contributed by atoms with Crippen molar-refractivity contribution in [3.8, 4) is 17.2 Å². The molecule has 96 valence electrons. The van der Waals surface area contributed by atoms with Gasteiger partial charge in [0.15, 0.2) is 11.5 Å². The Labute approximate surface area is 104 Å². The number of ether oxygens (including phenoxy) is 3. The monoisotopic (exact) mass is 250 g/mol. The van der Waals surface area contributed by atoms with E-state index >= 15 is 0 Å². The predicted octanol–water partition coefficient (Wildman–Crippen LogP) is 1.93. The lowest BCUT2D eigenvalue weighted by Crippen LogP contribution is -2.14. The molecule has 3 rings (SSSR count). The van der Waals surface area contributed by atoms with E-state index in [2.05, 4.69) is 0 Å². The molecule has 5 heteroatoms. The second kappa shape index (κ2) is 3.80. The fourth-order valence-electron chi connectivity index (χ4n) is 2.55. The molecule has 1 aromatic rings. The molecule has 0 amide bonds. The number of carboxylic acids is 1. The summed E-state index contributed by atoms with van der Waals surface area (Å²) in [6.07, 6.45) is 1.87. The van der Waals surface area contributed by atoms with E-state index in [9.17, 15) is 4.79 Å². The second-order valence-electron chi connectivity index (χ2n) is 4.73. The Kier molecular flexibility index (Phi) is 2.36. The summed E-state index contributed by atoms with van der Waals surface area (Å²) in [5.41, 5.74) is 0.620. The van der Waals surface area contributed by atoms with E-state index in [0.717, 1.165) is 18.4 Å². The van der Waals surface area contributed by atoms with Gasteiger partial charge in [-0.2, -0.15) is 0 Å². The predicted molar refractivity (Wildman–Crippen MR) is 62.3 cm³/mol. The van der Waals surface area contributed by atoms with Gasteiger partial charge in [0, 0.05) is 11.0 Å². The zero-order chi connectivity index (χ0) is 12.8. The van der Waals surface area contributed by atoms with Crippen LogP contribution in [0.3, 0.4) is 0 Å². The molecule has 1 aromatic carbocycles. The first-order valence-electron chi connectivity index (χ1n) is 5.85. The van der Waals surface area contributed by atoms with Crippen LogP contribution in [-0.2, 0) is 10.2 Å². The third-order valence-corrected chi connectivity index (χ3v) is 3.61. The number of fused-ring (bicyclic) bond motifs is 1. The molecule has 0 spiro atoms. The third kappa shape index (κ3) is 1.58. The van der Waals surface area contributed by atoms with Gasteiger partial charge < -0.3 is 19.3 Å². The average molecular weight is 250 g/mol. The number of benzene rings is 1. The van der Waals surface area contributed by atoms with Gasteiger partial charge in [-0.1, -0.05) is 6.07 Å². The summed E-state index contributed by atoms with van der Waals surface area (Å²) in [4.78, 5) is 11.0. The molecule has 18 heavy (non-hydrogen) atoms. The smallest absolute Gasteiger partial charge is 0.304 e. The molecular formula is C13H14O5. The van der Waals surface area contributed by atoms with Gasteiger partial charge in [0.05, 0.1) is 13.5 Å². The lowest BCUT2D eigenvalue weighted by molar-refractivity contribution is -0.137. The number of hydrogen-bond acceptors (Lipinski definition) is 4. The summed E-state index contributed by atoms with van der Waals surface area (Å²) < 4.78 is 16.1. The van der Waals surface area contributed by atoms with Gasteiger partial charge in [0.25, 0.3) is 0 Å². The Morgan fingerprint density at radius 3 is 2.83 bits per heavy atom. The van der Waals surface area contributed by atoms with Crippen LogP contribution in [0.15, 0.2) is 12.1 Å². The lowest BCUT2D eigenvalue weighted by Gasteiger charge is -2.18. The highest BCUT2D eigenvalue weighted by Crippen LogP contribution is 2.57. The highest BCUT2D eigenvalue weighted by atomic mass is 16.7. The second-order valence-corrected chi connectivity index (χ2v) is 4.73. The first kappa shape index (κ1) is 11.2. The van der Waals surface area contributed by atoms with Crippen molar-refractivity contribution in [2.45, 2.75) is 24.7 Å². The van der Waals surface area contributed by atoms with Gasteiger partial charge in [-0.15, -0.1) is 0 Å². The fourth-order valence-corrected chi connectivity index (χ4v) is 2.55. The van der Waals surface area contributed by atoms with E-state index in [1.165, 1.54) is 0 Å². The van der Waals surface area contributed by atoms with Crippen LogP contribution >= 0.6 is 0 Å². The summed E-state index contributed by atoms with van der Waals surface area (Å²) in [5, 5.41) is 9.01. The maximum atomic E-state index is 11.0. The normalized spacial score (nSPS) is 18.5. The topological polar surface area (TPSA) is 65.0 Å². The molecule has 0 unspecified atom stereocenters. The van der Waals surface area contributed by atoms with Crippen LogP contribution in [0.5, 0.6) is 17.2 Å². The van der Waals surface area contributed by atoms with Gasteiger partial charge in [-0.25, -0.2) is 0 Å². The number of carbonyl (C=O) groups is 1. The van der Waals surface area contributed by atoms with Gasteiger partial charge in [-0.05, 0) is 18.9 Å². The summed E-state index contributed by atoms with van der Waals surface area (Å²) >= 11 is 0. The SMILES string of the molecule is COc1c(C2(CC(=O)O)CC2)ccc2c1OCO2. The Balaban J connectivity index is 2.05. The molecule has 0 atom stereocenters. The molecule has 0 radical (unpaired) electrons. The zero-order valence-electron chi connectivity index (χ0n) is 10.1. The molecule has 0 aromatic heterocycles. The summed E-state index contributed by atoms with van der Waals surface area (Å²) in [6.45, 7) is 0.182. The highest BCUT2D eigenvalue weighted by Gasteiger charge is 2.48. The van der Waals surface area contributed by atoms with Gasteiger partial charge in [0.2, 0.25) is 12.5 Å². The van der Waals surface area contributed by atoms with E-state index in [4.69, 9.17) is 19.3 Å². The van der Waals surface area contributed by atoms with Crippen molar-refractivity contribution in [3.05, 3.63) is 17.7 Å². The van der Waals surface area contributed by atoms with Crippen LogP contribution in [0.4, 0.5) is 0 Å². The van der Waals surface area contributed by atoms with Crippen molar-refractivity contribution in [3.63, 3.8) is 0 Å². The number of carboxylic acid groups (broad SMARTS) is 1. The van der Waals surface area contributed by atoms with E-state index in [1.54, 1.807) is 7.11 Å². The Hall–Kier alpha value is -1.91. The Morgan fingerprint density at radius 2 is 2.22 bits per heavy atom. The Morgan fingerprint density at radius 1 is 1.44 bits per heavy atom. The van der Waals surface area contributed by atoms with Crippen molar-refractivity contribution in [1.82, 2.24) is 0 Å². The van der Waals surface area contributed by atoms with Crippen LogP contribution in [0.25, 0.3) is 0 Å². The van der Waals surface area contributed by atoms with Crippen molar-refractivity contribution < 1.29 is 24.1 Å². The minimum absolute atomic E-state index is 0.128. The number of methoxy groups -OCH3 is 1. The molecule has 1 aliphatic heterocycles. The number of rotatable bonds is 4. The summed E-state index contributed by atoms with van der Waals surface area (Å²) in [5.74, 6) is 1.07. The molecule has 1 heterocycles. The molecular weight excluding hydrogens is 236 g/mol. The highest BCUT2D eigenvalue weighted by molar-refractivity contribution is 5.71. The van der Waals surface area contributed by atoms with Crippen LogP contribution < -0.4 is 14.2 Å². The van der Waals surface area contributed by atoms with E-state index in [1.807, 2.05) is 12.1 Å².